The lowest BCUT2D eigenvalue weighted by Crippen LogP contribution is -2.46. The lowest BCUT2D eigenvalue weighted by molar-refractivity contribution is -0.124. The van der Waals surface area contributed by atoms with Gasteiger partial charge in [0.1, 0.15) is 5.54 Å². The molecule has 0 aromatic carbocycles. The van der Waals surface area contributed by atoms with Crippen LogP contribution >= 0.6 is 0 Å². The summed E-state index contributed by atoms with van der Waals surface area (Å²) in [6.45, 7) is 5.71. The molecule has 2 aliphatic rings. The summed E-state index contributed by atoms with van der Waals surface area (Å²) >= 11 is 0. The quantitative estimate of drug-likeness (QED) is 0.761. The van der Waals surface area contributed by atoms with Crippen molar-refractivity contribution in [3.05, 3.63) is 0 Å². The predicted molar refractivity (Wildman–Crippen MR) is 75.1 cm³/mol. The molecule has 0 aromatic rings. The van der Waals surface area contributed by atoms with Crippen LogP contribution in [-0.2, 0) is 9.53 Å². The third-order valence-electron chi connectivity index (χ3n) is 4.28. The van der Waals surface area contributed by atoms with Crippen LogP contribution in [0.15, 0.2) is 4.99 Å². The molecular formula is C14H25N3O2. The van der Waals surface area contributed by atoms with Gasteiger partial charge in [0.25, 0.3) is 5.91 Å². The number of nitrogens with zero attached hydrogens (tertiary/aromatic N) is 1. The van der Waals surface area contributed by atoms with Gasteiger partial charge in [0, 0.05) is 7.11 Å². The Bertz CT molecular complexity index is 379. The second-order valence-electron chi connectivity index (χ2n) is 6.40. The van der Waals surface area contributed by atoms with Gasteiger partial charge >= 0.3 is 0 Å². The minimum absolute atomic E-state index is 0.0846. The van der Waals surface area contributed by atoms with Gasteiger partial charge in [0.05, 0.1) is 13.2 Å². The van der Waals surface area contributed by atoms with Crippen LogP contribution in [0.2, 0.25) is 0 Å². The fourth-order valence-corrected chi connectivity index (χ4v) is 2.89. The Balaban J connectivity index is 2.04. The molecule has 2 fully saturated rings. The monoisotopic (exact) mass is 267 g/mol. The van der Waals surface area contributed by atoms with Crippen molar-refractivity contribution < 1.29 is 9.53 Å². The lowest BCUT2D eigenvalue weighted by Gasteiger charge is -2.26. The first kappa shape index (κ1) is 14.3. The SMILES string of the molecule is COCCN=C1NC(=O)C2(CCCC(C)(C)CC2)N1. The van der Waals surface area contributed by atoms with Crippen molar-refractivity contribution in [1.82, 2.24) is 10.6 Å². The topological polar surface area (TPSA) is 62.7 Å². The third kappa shape index (κ3) is 3.26. The molecule has 0 radical (unpaired) electrons. The van der Waals surface area contributed by atoms with Crippen LogP contribution in [-0.4, -0.2) is 37.7 Å². The smallest absolute Gasteiger partial charge is 0.252 e. The van der Waals surface area contributed by atoms with Gasteiger partial charge in [-0.2, -0.15) is 0 Å². The Morgan fingerprint density at radius 1 is 1.26 bits per heavy atom. The van der Waals surface area contributed by atoms with Crippen LogP contribution in [0.3, 0.4) is 0 Å². The van der Waals surface area contributed by atoms with E-state index < -0.39 is 5.54 Å². The van der Waals surface area contributed by atoms with Crippen LogP contribution in [0.5, 0.6) is 0 Å². The molecule has 1 aliphatic carbocycles. The van der Waals surface area contributed by atoms with E-state index >= 15 is 0 Å². The molecule has 5 heteroatoms. The fraction of sp³-hybridized carbons (Fsp3) is 0.857. The van der Waals surface area contributed by atoms with Gasteiger partial charge in [-0.3, -0.25) is 15.1 Å². The van der Waals surface area contributed by atoms with E-state index in [1.54, 1.807) is 7.11 Å². The second kappa shape index (κ2) is 5.49. The highest BCUT2D eigenvalue weighted by molar-refractivity contribution is 6.09. The van der Waals surface area contributed by atoms with E-state index in [4.69, 9.17) is 4.74 Å². The van der Waals surface area contributed by atoms with Crippen LogP contribution in [0.1, 0.15) is 46.0 Å². The molecule has 0 bridgehead atoms. The molecule has 2 rings (SSSR count). The minimum Gasteiger partial charge on any atom is -0.383 e. The zero-order valence-corrected chi connectivity index (χ0v) is 12.2. The van der Waals surface area contributed by atoms with Crippen LogP contribution < -0.4 is 10.6 Å². The van der Waals surface area contributed by atoms with Gasteiger partial charge in [0.2, 0.25) is 0 Å². The van der Waals surface area contributed by atoms with E-state index in [9.17, 15) is 4.79 Å². The summed E-state index contributed by atoms with van der Waals surface area (Å²) in [7, 11) is 1.65. The summed E-state index contributed by atoms with van der Waals surface area (Å²) in [5.74, 6) is 0.697. The summed E-state index contributed by atoms with van der Waals surface area (Å²) in [4.78, 5) is 16.6. The Hall–Kier alpha value is -1.10. The van der Waals surface area contributed by atoms with Gasteiger partial charge in [-0.25, -0.2) is 0 Å². The number of guanidine groups is 1. The van der Waals surface area contributed by atoms with E-state index in [0.29, 0.717) is 24.5 Å². The van der Waals surface area contributed by atoms with Gasteiger partial charge < -0.3 is 10.1 Å². The first-order valence-electron chi connectivity index (χ1n) is 7.11. The predicted octanol–water partition coefficient (Wildman–Crippen LogP) is 1.44. The van der Waals surface area contributed by atoms with E-state index in [1.807, 2.05) is 0 Å². The molecule has 19 heavy (non-hydrogen) atoms. The molecule has 0 aromatic heterocycles. The molecule has 1 aliphatic heterocycles. The van der Waals surface area contributed by atoms with Gasteiger partial charge in [0.15, 0.2) is 5.96 Å². The van der Waals surface area contributed by atoms with E-state index in [0.717, 1.165) is 25.7 Å². The molecule has 1 unspecified atom stereocenters. The third-order valence-corrected chi connectivity index (χ3v) is 4.28. The molecule has 1 saturated heterocycles. The average molecular weight is 267 g/mol. The zero-order chi connectivity index (χ0) is 13.9. The number of methoxy groups -OCH3 is 1. The summed E-state index contributed by atoms with van der Waals surface area (Å²) in [5.41, 5.74) is -0.0961. The van der Waals surface area contributed by atoms with Crippen LogP contribution in [0.25, 0.3) is 0 Å². The number of hydrogen-bond acceptors (Lipinski definition) is 3. The molecule has 1 amide bonds. The molecular weight excluding hydrogens is 242 g/mol. The number of aliphatic imine (C=N–C) groups is 1. The number of nitrogens with one attached hydrogen (secondary N) is 2. The number of ether oxygens (including phenoxy) is 1. The maximum atomic E-state index is 12.3. The van der Waals surface area contributed by atoms with E-state index in [2.05, 4.69) is 29.5 Å². The average Bonchev–Trinajstić information content (AvgIpc) is 2.55. The van der Waals surface area contributed by atoms with E-state index in [1.165, 1.54) is 6.42 Å². The molecule has 1 saturated carbocycles. The lowest BCUT2D eigenvalue weighted by atomic mass is 9.83. The molecule has 5 nitrogen and oxygen atoms in total. The Morgan fingerprint density at radius 2 is 2.05 bits per heavy atom. The Kier molecular flexibility index (Phi) is 4.13. The van der Waals surface area contributed by atoms with Crippen molar-refractivity contribution in [2.24, 2.45) is 10.4 Å². The van der Waals surface area contributed by atoms with Crippen LogP contribution in [0.4, 0.5) is 0 Å². The fourth-order valence-electron chi connectivity index (χ4n) is 2.89. The molecule has 1 heterocycles. The second-order valence-corrected chi connectivity index (χ2v) is 6.40. The van der Waals surface area contributed by atoms with Crippen molar-refractivity contribution in [3.8, 4) is 0 Å². The molecule has 1 spiro atoms. The standard InChI is InChI=1S/C14H25N3O2/c1-13(2)5-4-6-14(8-7-13)11(18)16-12(17-14)15-9-10-19-3/h4-10H2,1-3H3,(H2,15,16,17,18). The van der Waals surface area contributed by atoms with Crippen molar-refractivity contribution >= 4 is 11.9 Å². The summed E-state index contributed by atoms with van der Waals surface area (Å²) < 4.78 is 4.97. The van der Waals surface area contributed by atoms with Crippen molar-refractivity contribution in [3.63, 3.8) is 0 Å². The first-order valence-corrected chi connectivity index (χ1v) is 7.11. The summed E-state index contributed by atoms with van der Waals surface area (Å²) in [6, 6.07) is 0. The number of hydrogen-bond donors (Lipinski definition) is 2. The number of carbonyl (C=O) groups excluding carboxylic acids is 1. The highest BCUT2D eigenvalue weighted by atomic mass is 16.5. The summed E-state index contributed by atoms with van der Waals surface area (Å²) in [5, 5.41) is 6.20. The largest absolute Gasteiger partial charge is 0.383 e. The first-order chi connectivity index (χ1) is 8.97. The highest BCUT2D eigenvalue weighted by Gasteiger charge is 2.46. The van der Waals surface area contributed by atoms with Gasteiger partial charge in [-0.1, -0.05) is 20.3 Å². The zero-order valence-electron chi connectivity index (χ0n) is 12.2. The number of carbonyl (C=O) groups is 1. The maximum Gasteiger partial charge on any atom is 0.252 e. The van der Waals surface area contributed by atoms with E-state index in [-0.39, 0.29) is 5.91 Å². The van der Waals surface area contributed by atoms with Crippen LogP contribution in [0, 0.1) is 5.41 Å². The Labute approximate surface area is 115 Å². The molecule has 108 valence electrons. The minimum atomic E-state index is -0.431. The van der Waals surface area contributed by atoms with Gasteiger partial charge in [-0.15, -0.1) is 0 Å². The number of rotatable bonds is 3. The van der Waals surface area contributed by atoms with Crippen molar-refractivity contribution in [2.75, 3.05) is 20.3 Å². The normalized spacial score (nSPS) is 32.2. The van der Waals surface area contributed by atoms with Gasteiger partial charge in [-0.05, 0) is 31.1 Å². The Morgan fingerprint density at radius 3 is 2.79 bits per heavy atom. The van der Waals surface area contributed by atoms with Crippen molar-refractivity contribution in [2.45, 2.75) is 51.5 Å². The highest BCUT2D eigenvalue weighted by Crippen LogP contribution is 2.39. The maximum absolute atomic E-state index is 12.3. The van der Waals surface area contributed by atoms with Crippen molar-refractivity contribution in [1.29, 1.82) is 0 Å². The molecule has 2 N–H and O–H groups in total. The number of amides is 1. The summed E-state index contributed by atoms with van der Waals surface area (Å²) in [6.07, 6.45) is 5.11. The molecule has 1 atom stereocenters.